The molecule has 0 unspecified atom stereocenters. The largest absolute Gasteiger partial charge is 0.271 e. The SMILES string of the molecule is CC(/C=C/c1ccccc1)=N/NC(=O)c1cccc([N+](=O)[O-])c1. The first kappa shape index (κ1) is 16.1. The zero-order valence-corrected chi connectivity index (χ0v) is 12.5. The molecule has 2 rings (SSSR count). The summed E-state index contributed by atoms with van der Waals surface area (Å²) < 4.78 is 0. The summed E-state index contributed by atoms with van der Waals surface area (Å²) >= 11 is 0. The van der Waals surface area contributed by atoms with Crippen LogP contribution >= 0.6 is 0 Å². The molecule has 6 nitrogen and oxygen atoms in total. The van der Waals surface area contributed by atoms with Crippen molar-refractivity contribution in [2.45, 2.75) is 6.92 Å². The van der Waals surface area contributed by atoms with Crippen molar-refractivity contribution in [2.75, 3.05) is 0 Å². The number of nitro groups is 1. The summed E-state index contributed by atoms with van der Waals surface area (Å²) in [6.45, 7) is 1.74. The summed E-state index contributed by atoms with van der Waals surface area (Å²) in [5.74, 6) is -0.499. The van der Waals surface area contributed by atoms with Crippen LogP contribution in [-0.2, 0) is 0 Å². The van der Waals surface area contributed by atoms with E-state index in [4.69, 9.17) is 0 Å². The highest BCUT2D eigenvalue weighted by molar-refractivity contribution is 5.99. The van der Waals surface area contributed by atoms with Gasteiger partial charge in [-0.2, -0.15) is 5.10 Å². The third-order valence-electron chi connectivity index (χ3n) is 2.97. The summed E-state index contributed by atoms with van der Waals surface area (Å²) in [6.07, 6.45) is 3.64. The number of carbonyl (C=O) groups excluding carboxylic acids is 1. The lowest BCUT2D eigenvalue weighted by Crippen LogP contribution is -2.18. The maximum atomic E-state index is 11.9. The van der Waals surface area contributed by atoms with Gasteiger partial charge in [0.15, 0.2) is 0 Å². The fraction of sp³-hybridized carbons (Fsp3) is 0.0588. The molecule has 0 saturated heterocycles. The van der Waals surface area contributed by atoms with E-state index in [9.17, 15) is 14.9 Å². The number of hydrazone groups is 1. The average molecular weight is 309 g/mol. The molecule has 6 heteroatoms. The molecule has 2 aromatic rings. The third-order valence-corrected chi connectivity index (χ3v) is 2.97. The number of hydrogen-bond donors (Lipinski definition) is 1. The zero-order valence-electron chi connectivity index (χ0n) is 12.5. The first-order chi connectivity index (χ1) is 11.1. The molecule has 1 N–H and O–H groups in total. The van der Waals surface area contributed by atoms with Crippen molar-refractivity contribution in [1.29, 1.82) is 0 Å². The van der Waals surface area contributed by atoms with Gasteiger partial charge in [0.1, 0.15) is 0 Å². The average Bonchev–Trinajstić information content (AvgIpc) is 2.58. The van der Waals surface area contributed by atoms with Gasteiger partial charge in [0.25, 0.3) is 11.6 Å². The van der Waals surface area contributed by atoms with Crippen molar-refractivity contribution < 1.29 is 9.72 Å². The second-order valence-electron chi connectivity index (χ2n) is 4.75. The molecule has 0 saturated carbocycles. The number of nitro benzene ring substituents is 1. The van der Waals surface area contributed by atoms with Crippen molar-refractivity contribution >= 4 is 23.4 Å². The molecule has 0 aliphatic carbocycles. The number of carbonyl (C=O) groups is 1. The van der Waals surface area contributed by atoms with Crippen LogP contribution in [0.2, 0.25) is 0 Å². The summed E-state index contributed by atoms with van der Waals surface area (Å²) in [6, 6.07) is 15.2. The Morgan fingerprint density at radius 2 is 1.91 bits per heavy atom. The standard InChI is InChI=1S/C17H15N3O3/c1-13(10-11-14-6-3-2-4-7-14)18-19-17(21)15-8-5-9-16(12-15)20(22)23/h2-12H,1H3,(H,19,21)/b11-10+,18-13-. The van der Waals surface area contributed by atoms with Crippen molar-refractivity contribution in [3.05, 3.63) is 81.9 Å². The van der Waals surface area contributed by atoms with E-state index in [2.05, 4.69) is 10.5 Å². The summed E-state index contributed by atoms with van der Waals surface area (Å²) in [4.78, 5) is 22.1. The van der Waals surface area contributed by atoms with Crippen LogP contribution < -0.4 is 5.43 Å². The number of nitrogens with one attached hydrogen (secondary N) is 1. The fourth-order valence-electron chi connectivity index (χ4n) is 1.78. The second kappa shape index (κ2) is 7.65. The highest BCUT2D eigenvalue weighted by Gasteiger charge is 2.10. The van der Waals surface area contributed by atoms with E-state index in [1.807, 2.05) is 36.4 Å². The van der Waals surface area contributed by atoms with Gasteiger partial charge in [-0.15, -0.1) is 0 Å². The fourth-order valence-corrected chi connectivity index (χ4v) is 1.78. The number of hydrogen-bond acceptors (Lipinski definition) is 4. The monoisotopic (exact) mass is 309 g/mol. The van der Waals surface area contributed by atoms with Crippen LogP contribution in [-0.4, -0.2) is 16.5 Å². The lowest BCUT2D eigenvalue weighted by molar-refractivity contribution is -0.384. The Morgan fingerprint density at radius 3 is 2.61 bits per heavy atom. The van der Waals surface area contributed by atoms with E-state index in [0.717, 1.165) is 5.56 Å². The van der Waals surface area contributed by atoms with Crippen LogP contribution in [0.4, 0.5) is 5.69 Å². The number of benzene rings is 2. The van der Waals surface area contributed by atoms with Crippen LogP contribution in [0.3, 0.4) is 0 Å². The Labute approximate surface area is 133 Å². The summed E-state index contributed by atoms with van der Waals surface area (Å²) in [5, 5.41) is 14.6. The van der Waals surface area contributed by atoms with Gasteiger partial charge < -0.3 is 0 Å². The predicted octanol–water partition coefficient (Wildman–Crippen LogP) is 3.41. The normalized spacial score (nSPS) is 11.4. The maximum absolute atomic E-state index is 11.9. The minimum Gasteiger partial charge on any atom is -0.267 e. The molecule has 0 radical (unpaired) electrons. The zero-order chi connectivity index (χ0) is 16.7. The molecule has 1 amide bonds. The van der Waals surface area contributed by atoms with E-state index < -0.39 is 10.8 Å². The van der Waals surface area contributed by atoms with Gasteiger partial charge >= 0.3 is 0 Å². The number of nitrogens with zero attached hydrogens (tertiary/aromatic N) is 2. The van der Waals surface area contributed by atoms with E-state index in [-0.39, 0.29) is 11.3 Å². The molecule has 0 bridgehead atoms. The lowest BCUT2D eigenvalue weighted by Gasteiger charge is -2.00. The first-order valence-electron chi connectivity index (χ1n) is 6.88. The Bertz CT molecular complexity index is 768. The molecule has 23 heavy (non-hydrogen) atoms. The van der Waals surface area contributed by atoms with Crippen molar-refractivity contribution in [1.82, 2.24) is 5.43 Å². The van der Waals surface area contributed by atoms with Gasteiger partial charge in [-0.1, -0.05) is 42.5 Å². The number of amides is 1. The molecular formula is C17H15N3O3. The lowest BCUT2D eigenvalue weighted by atomic mass is 10.2. The molecule has 116 valence electrons. The quantitative estimate of drug-likeness (QED) is 0.522. The van der Waals surface area contributed by atoms with Crippen molar-refractivity contribution in [3.63, 3.8) is 0 Å². The van der Waals surface area contributed by atoms with Gasteiger partial charge in [-0.05, 0) is 24.6 Å². The summed E-state index contributed by atoms with van der Waals surface area (Å²) in [7, 11) is 0. The molecule has 0 spiro atoms. The predicted molar refractivity (Wildman–Crippen MR) is 89.1 cm³/mol. The van der Waals surface area contributed by atoms with Crippen LogP contribution in [0, 0.1) is 10.1 Å². The maximum Gasteiger partial charge on any atom is 0.271 e. The summed E-state index contributed by atoms with van der Waals surface area (Å²) in [5.41, 5.74) is 4.05. The van der Waals surface area contributed by atoms with Gasteiger partial charge in [-0.3, -0.25) is 14.9 Å². The molecule has 0 heterocycles. The van der Waals surface area contributed by atoms with Crippen LogP contribution in [0.25, 0.3) is 6.08 Å². The van der Waals surface area contributed by atoms with Crippen LogP contribution in [0.5, 0.6) is 0 Å². The van der Waals surface area contributed by atoms with Gasteiger partial charge in [0, 0.05) is 17.7 Å². The minimum atomic E-state index is -0.548. The third kappa shape index (κ3) is 4.89. The van der Waals surface area contributed by atoms with Crippen LogP contribution in [0.1, 0.15) is 22.8 Å². The number of non-ortho nitro benzene ring substituents is 1. The Kier molecular flexibility index (Phi) is 5.35. The van der Waals surface area contributed by atoms with E-state index in [0.29, 0.717) is 5.71 Å². The molecule has 0 aromatic heterocycles. The van der Waals surface area contributed by atoms with Gasteiger partial charge in [0.2, 0.25) is 0 Å². The highest BCUT2D eigenvalue weighted by atomic mass is 16.6. The van der Waals surface area contributed by atoms with E-state index in [1.165, 1.54) is 24.3 Å². The molecular weight excluding hydrogens is 294 g/mol. The first-order valence-corrected chi connectivity index (χ1v) is 6.88. The minimum absolute atomic E-state index is 0.137. The van der Waals surface area contributed by atoms with Gasteiger partial charge in [-0.25, -0.2) is 5.43 Å². The van der Waals surface area contributed by atoms with E-state index >= 15 is 0 Å². The molecule has 0 fully saturated rings. The second-order valence-corrected chi connectivity index (χ2v) is 4.75. The van der Waals surface area contributed by atoms with Gasteiger partial charge in [0.05, 0.1) is 10.6 Å². The number of allylic oxidation sites excluding steroid dienone is 1. The molecule has 0 aliphatic rings. The van der Waals surface area contributed by atoms with Crippen molar-refractivity contribution in [2.24, 2.45) is 5.10 Å². The highest BCUT2D eigenvalue weighted by Crippen LogP contribution is 2.12. The Morgan fingerprint density at radius 1 is 1.17 bits per heavy atom. The molecule has 0 aliphatic heterocycles. The Balaban J connectivity index is 2.01. The topological polar surface area (TPSA) is 84.6 Å². The van der Waals surface area contributed by atoms with E-state index in [1.54, 1.807) is 13.0 Å². The molecule has 0 atom stereocenters. The Hall–Kier alpha value is -3.28. The van der Waals surface area contributed by atoms with Crippen LogP contribution in [0.15, 0.2) is 65.8 Å². The smallest absolute Gasteiger partial charge is 0.267 e. The number of rotatable bonds is 5. The van der Waals surface area contributed by atoms with Crippen molar-refractivity contribution in [3.8, 4) is 0 Å². The molecule has 2 aromatic carbocycles.